The van der Waals surface area contributed by atoms with Gasteiger partial charge in [0.15, 0.2) is 0 Å². The van der Waals surface area contributed by atoms with E-state index in [1.807, 2.05) is 0 Å². The Hall–Kier alpha value is -2.92. The van der Waals surface area contributed by atoms with Crippen molar-refractivity contribution in [2.24, 2.45) is 0 Å². The maximum Gasteiger partial charge on any atom is 0.417 e. The summed E-state index contributed by atoms with van der Waals surface area (Å²) in [5.74, 6) is 0. The number of nitro benzene ring substituents is 1. The van der Waals surface area contributed by atoms with Gasteiger partial charge in [0.1, 0.15) is 6.07 Å². The number of pyridine rings is 1. The van der Waals surface area contributed by atoms with Crippen LogP contribution in [0.5, 0.6) is 0 Å². The van der Waals surface area contributed by atoms with E-state index in [1.54, 1.807) is 6.07 Å². The van der Waals surface area contributed by atoms with Crippen molar-refractivity contribution in [1.29, 1.82) is 5.26 Å². The van der Waals surface area contributed by atoms with Gasteiger partial charge in [-0.05, 0) is 24.3 Å². The fourth-order valence-corrected chi connectivity index (χ4v) is 1.97. The van der Waals surface area contributed by atoms with Crippen molar-refractivity contribution in [2.75, 3.05) is 0 Å². The van der Waals surface area contributed by atoms with E-state index in [-0.39, 0.29) is 27.5 Å². The minimum Gasteiger partial charge on any atom is -0.258 e. The number of halogens is 4. The van der Waals surface area contributed by atoms with Crippen molar-refractivity contribution in [3.63, 3.8) is 0 Å². The zero-order valence-corrected chi connectivity index (χ0v) is 12.5. The smallest absolute Gasteiger partial charge is 0.258 e. The Morgan fingerprint density at radius 2 is 2.04 bits per heavy atom. The summed E-state index contributed by atoms with van der Waals surface area (Å²) in [6, 6.07) is 7.27. The Labute approximate surface area is 138 Å². The van der Waals surface area contributed by atoms with Crippen molar-refractivity contribution < 1.29 is 18.1 Å². The van der Waals surface area contributed by atoms with Gasteiger partial charge in [0.25, 0.3) is 5.69 Å². The summed E-state index contributed by atoms with van der Waals surface area (Å²) in [6.07, 6.45) is -2.70. The van der Waals surface area contributed by atoms with E-state index >= 15 is 0 Å². The van der Waals surface area contributed by atoms with Gasteiger partial charge >= 0.3 is 6.18 Å². The summed E-state index contributed by atoms with van der Waals surface area (Å²) in [6.45, 7) is 0. The Balaban J connectivity index is 2.45. The van der Waals surface area contributed by atoms with E-state index in [1.165, 1.54) is 18.2 Å². The van der Waals surface area contributed by atoms with E-state index in [4.69, 9.17) is 11.6 Å². The van der Waals surface area contributed by atoms with Gasteiger partial charge < -0.3 is 0 Å². The van der Waals surface area contributed by atoms with Crippen LogP contribution in [0.15, 0.2) is 36.5 Å². The molecular formula is C15H7ClF3N3O2. The lowest BCUT2D eigenvalue weighted by atomic mass is 10.1. The molecule has 1 heterocycles. The number of allylic oxidation sites excluding steroid dienone is 1. The molecule has 0 spiro atoms. The van der Waals surface area contributed by atoms with E-state index in [2.05, 4.69) is 4.98 Å². The molecule has 0 saturated carbocycles. The van der Waals surface area contributed by atoms with Crippen LogP contribution in [-0.4, -0.2) is 9.91 Å². The zero-order valence-electron chi connectivity index (χ0n) is 11.7. The summed E-state index contributed by atoms with van der Waals surface area (Å²) in [4.78, 5) is 13.8. The van der Waals surface area contributed by atoms with E-state index in [0.717, 1.165) is 18.2 Å². The third-order valence-electron chi connectivity index (χ3n) is 2.98. The van der Waals surface area contributed by atoms with Crippen LogP contribution < -0.4 is 0 Å². The van der Waals surface area contributed by atoms with Gasteiger partial charge in [-0.2, -0.15) is 18.4 Å². The molecule has 0 radical (unpaired) electrons. The van der Waals surface area contributed by atoms with Crippen molar-refractivity contribution in [2.45, 2.75) is 6.18 Å². The number of rotatable bonds is 3. The predicted octanol–water partition coefficient (Wildman–Crippen LogP) is 4.73. The topological polar surface area (TPSA) is 79.8 Å². The molecular weight excluding hydrogens is 347 g/mol. The number of nitrogens with zero attached hydrogens (tertiary/aromatic N) is 3. The predicted molar refractivity (Wildman–Crippen MR) is 80.8 cm³/mol. The lowest BCUT2D eigenvalue weighted by Crippen LogP contribution is -2.05. The lowest BCUT2D eigenvalue weighted by Gasteiger charge is -2.06. The second kappa shape index (κ2) is 6.68. The summed E-state index contributed by atoms with van der Waals surface area (Å²) in [7, 11) is 0. The van der Waals surface area contributed by atoms with Gasteiger partial charge in [-0.25, -0.2) is 0 Å². The largest absolute Gasteiger partial charge is 0.417 e. The first-order valence-electron chi connectivity index (χ1n) is 6.31. The molecule has 0 N–H and O–H groups in total. The molecule has 0 amide bonds. The molecule has 0 aliphatic heterocycles. The number of nitriles is 1. The highest BCUT2D eigenvalue weighted by molar-refractivity contribution is 6.32. The van der Waals surface area contributed by atoms with Crippen LogP contribution in [0.1, 0.15) is 16.8 Å². The van der Waals surface area contributed by atoms with Crippen LogP contribution in [0, 0.1) is 21.4 Å². The third-order valence-corrected chi connectivity index (χ3v) is 3.32. The first-order valence-corrected chi connectivity index (χ1v) is 6.69. The molecule has 1 aromatic carbocycles. The monoisotopic (exact) mass is 353 g/mol. The molecule has 2 aromatic rings. The molecule has 0 aliphatic carbocycles. The number of non-ortho nitro benzene ring substituents is 1. The number of hydrogen-bond donors (Lipinski definition) is 0. The first-order chi connectivity index (χ1) is 11.2. The van der Waals surface area contributed by atoms with Crippen LogP contribution >= 0.6 is 11.6 Å². The normalized spacial score (nSPS) is 11.9. The Bertz CT molecular complexity index is 856. The van der Waals surface area contributed by atoms with Crippen molar-refractivity contribution in [1.82, 2.24) is 4.98 Å². The van der Waals surface area contributed by atoms with E-state index < -0.39 is 16.7 Å². The number of benzene rings is 1. The molecule has 1 aromatic heterocycles. The maximum atomic E-state index is 12.5. The number of aromatic nitrogens is 1. The standard InChI is InChI=1S/C15H7ClF3N3O2/c16-13-3-2-12(22(23)24)6-9(13)5-10(7-20)14-4-1-11(8-21-14)15(17,18)19/h1-6,8H/b10-5+. The molecule has 0 fully saturated rings. The van der Waals surface area contributed by atoms with Crippen molar-refractivity contribution >= 4 is 28.9 Å². The second-order valence-electron chi connectivity index (χ2n) is 4.56. The van der Waals surface area contributed by atoms with Crippen LogP contribution in [-0.2, 0) is 6.18 Å². The number of alkyl halides is 3. The maximum absolute atomic E-state index is 12.5. The Morgan fingerprint density at radius 3 is 2.54 bits per heavy atom. The first kappa shape index (κ1) is 17.4. The Kier molecular flexibility index (Phi) is 4.85. The SMILES string of the molecule is N#C/C(=C\c1cc([N+](=O)[O-])ccc1Cl)c1ccc(C(F)(F)F)cn1. The second-order valence-corrected chi connectivity index (χ2v) is 4.97. The molecule has 0 atom stereocenters. The number of hydrogen-bond acceptors (Lipinski definition) is 4. The molecule has 2 rings (SSSR count). The molecule has 5 nitrogen and oxygen atoms in total. The highest BCUT2D eigenvalue weighted by Gasteiger charge is 2.30. The molecule has 122 valence electrons. The van der Waals surface area contributed by atoms with Crippen molar-refractivity contribution in [3.05, 3.63) is 68.5 Å². The summed E-state index contributed by atoms with van der Waals surface area (Å²) < 4.78 is 37.6. The third kappa shape index (κ3) is 3.88. The average molecular weight is 354 g/mol. The van der Waals surface area contributed by atoms with Crippen LogP contribution in [0.2, 0.25) is 5.02 Å². The van der Waals surface area contributed by atoms with Crippen LogP contribution in [0.25, 0.3) is 11.6 Å². The number of nitro groups is 1. The minimum absolute atomic E-state index is 0.00641. The van der Waals surface area contributed by atoms with Gasteiger partial charge in [0.05, 0.1) is 21.8 Å². The molecule has 0 saturated heterocycles. The summed E-state index contributed by atoms with van der Waals surface area (Å²) in [5, 5.41) is 20.1. The molecule has 0 bridgehead atoms. The van der Waals surface area contributed by atoms with Gasteiger partial charge in [-0.15, -0.1) is 0 Å². The van der Waals surface area contributed by atoms with Gasteiger partial charge in [-0.3, -0.25) is 15.1 Å². The molecule has 24 heavy (non-hydrogen) atoms. The zero-order chi connectivity index (χ0) is 17.9. The van der Waals surface area contributed by atoms with E-state index in [9.17, 15) is 28.5 Å². The fraction of sp³-hybridized carbons (Fsp3) is 0.0667. The Morgan fingerprint density at radius 1 is 1.33 bits per heavy atom. The average Bonchev–Trinajstić information content (AvgIpc) is 2.53. The van der Waals surface area contributed by atoms with E-state index in [0.29, 0.717) is 6.20 Å². The lowest BCUT2D eigenvalue weighted by molar-refractivity contribution is -0.384. The van der Waals surface area contributed by atoms with Gasteiger partial charge in [0.2, 0.25) is 0 Å². The van der Waals surface area contributed by atoms with Crippen LogP contribution in [0.3, 0.4) is 0 Å². The summed E-state index contributed by atoms with van der Waals surface area (Å²) in [5.41, 5.74) is -1.08. The summed E-state index contributed by atoms with van der Waals surface area (Å²) >= 11 is 5.93. The minimum atomic E-state index is -4.54. The fourth-order valence-electron chi connectivity index (χ4n) is 1.80. The highest BCUT2D eigenvalue weighted by Crippen LogP contribution is 2.30. The quantitative estimate of drug-likeness (QED) is 0.454. The molecule has 0 unspecified atom stereocenters. The molecule has 9 heteroatoms. The van der Waals surface area contributed by atoms with Crippen LogP contribution in [0.4, 0.5) is 18.9 Å². The van der Waals surface area contributed by atoms with Gasteiger partial charge in [-0.1, -0.05) is 11.6 Å². The highest BCUT2D eigenvalue weighted by atomic mass is 35.5. The molecule has 0 aliphatic rings. The van der Waals surface area contributed by atoms with Crippen molar-refractivity contribution in [3.8, 4) is 6.07 Å². The van der Waals surface area contributed by atoms with Gasteiger partial charge in [0, 0.05) is 28.9 Å².